The lowest BCUT2D eigenvalue weighted by Gasteiger charge is -2.46. The average Bonchev–Trinajstić information content (AvgIpc) is 2.46. The summed E-state index contributed by atoms with van der Waals surface area (Å²) < 4.78 is 0. The lowest BCUT2D eigenvalue weighted by atomic mass is 9.83. The Balaban J connectivity index is 2.16. The molecule has 2 unspecified atom stereocenters. The third kappa shape index (κ3) is 4.32. The summed E-state index contributed by atoms with van der Waals surface area (Å²) in [6.45, 7) is 12.0. The number of halogens is 1. The van der Waals surface area contributed by atoms with Crippen molar-refractivity contribution in [2.75, 3.05) is 19.6 Å². The van der Waals surface area contributed by atoms with Crippen LogP contribution >= 0.6 is 11.6 Å². The van der Waals surface area contributed by atoms with Gasteiger partial charge in [0.1, 0.15) is 0 Å². The van der Waals surface area contributed by atoms with E-state index in [1.807, 2.05) is 0 Å². The Morgan fingerprint density at radius 2 is 2.00 bits per heavy atom. The summed E-state index contributed by atoms with van der Waals surface area (Å²) >= 11 is 5.88. The number of nitrogens with one attached hydrogen (secondary N) is 1. The van der Waals surface area contributed by atoms with Gasteiger partial charge in [-0.05, 0) is 23.5 Å². The number of piperazine rings is 1. The van der Waals surface area contributed by atoms with Crippen LogP contribution < -0.4 is 5.32 Å². The van der Waals surface area contributed by atoms with Gasteiger partial charge >= 0.3 is 0 Å². The molecule has 2 rings (SSSR count). The molecule has 3 heteroatoms. The molecular formula is C18H27ClN2. The van der Waals surface area contributed by atoms with E-state index < -0.39 is 0 Å². The summed E-state index contributed by atoms with van der Waals surface area (Å²) in [5, 5.41) is 3.72. The highest BCUT2D eigenvalue weighted by molar-refractivity contribution is 6.25. The van der Waals surface area contributed by atoms with Crippen molar-refractivity contribution in [1.82, 2.24) is 10.2 Å². The van der Waals surface area contributed by atoms with Crippen molar-refractivity contribution in [3.8, 4) is 0 Å². The minimum absolute atomic E-state index is 0.251. The van der Waals surface area contributed by atoms with E-state index in [2.05, 4.69) is 68.2 Å². The summed E-state index contributed by atoms with van der Waals surface area (Å²) in [5.41, 5.74) is 4.54. The van der Waals surface area contributed by atoms with Crippen LogP contribution in [0.4, 0.5) is 0 Å². The number of hydrogen-bond donors (Lipinski definition) is 1. The van der Waals surface area contributed by atoms with E-state index in [-0.39, 0.29) is 5.41 Å². The molecule has 1 heterocycles. The lowest BCUT2D eigenvalue weighted by Crippen LogP contribution is -2.57. The summed E-state index contributed by atoms with van der Waals surface area (Å²) in [7, 11) is 0. The molecule has 2 atom stereocenters. The van der Waals surface area contributed by atoms with Gasteiger partial charge in [-0.2, -0.15) is 0 Å². The molecular weight excluding hydrogens is 280 g/mol. The second kappa shape index (κ2) is 6.95. The average molecular weight is 307 g/mol. The first-order chi connectivity index (χ1) is 9.91. The van der Waals surface area contributed by atoms with E-state index in [0.717, 1.165) is 19.6 Å². The summed E-state index contributed by atoms with van der Waals surface area (Å²) in [5.74, 6) is 0. The Labute approximate surface area is 134 Å². The zero-order chi connectivity index (χ0) is 15.5. The molecule has 0 aliphatic carbocycles. The molecule has 2 nitrogen and oxygen atoms in total. The largest absolute Gasteiger partial charge is 0.307 e. The molecule has 1 saturated heterocycles. The zero-order valence-electron chi connectivity index (χ0n) is 13.6. The highest BCUT2D eigenvalue weighted by Crippen LogP contribution is 2.30. The Kier molecular flexibility index (Phi) is 5.48. The minimum atomic E-state index is 0.251. The maximum Gasteiger partial charge on any atom is 0.0450 e. The van der Waals surface area contributed by atoms with Crippen molar-refractivity contribution in [2.24, 2.45) is 5.41 Å². The molecule has 0 bridgehead atoms. The van der Waals surface area contributed by atoms with Crippen molar-refractivity contribution in [3.05, 3.63) is 47.0 Å². The molecule has 1 aliphatic rings. The highest BCUT2D eigenvalue weighted by Gasteiger charge is 2.35. The number of rotatable bonds is 3. The number of benzene rings is 1. The predicted octanol–water partition coefficient (Wildman–Crippen LogP) is 4.19. The van der Waals surface area contributed by atoms with Crippen LogP contribution in [0.2, 0.25) is 0 Å². The minimum Gasteiger partial charge on any atom is -0.307 e. The van der Waals surface area contributed by atoms with Crippen LogP contribution in [0.15, 0.2) is 41.4 Å². The Bertz CT molecular complexity index is 476. The van der Waals surface area contributed by atoms with Crippen molar-refractivity contribution in [1.29, 1.82) is 0 Å². The number of hydrogen-bond acceptors (Lipinski definition) is 2. The topological polar surface area (TPSA) is 15.3 Å². The molecule has 1 aliphatic heterocycles. The Morgan fingerprint density at radius 1 is 1.33 bits per heavy atom. The van der Waals surface area contributed by atoms with Gasteiger partial charge in [0.2, 0.25) is 0 Å². The monoisotopic (exact) mass is 306 g/mol. The quantitative estimate of drug-likeness (QED) is 0.901. The standard InChI is InChI=1S/C18H27ClN2/c1-14(10-19)12-21-13-16(15-8-6-5-7-9-15)20-11-17(21)18(2,3)4/h5-10,16-17,20H,11-13H2,1-4H3/b14-10-. The Morgan fingerprint density at radius 3 is 2.57 bits per heavy atom. The smallest absolute Gasteiger partial charge is 0.0450 e. The third-order valence-electron chi connectivity index (χ3n) is 4.26. The molecule has 0 saturated carbocycles. The molecule has 0 radical (unpaired) electrons. The first-order valence-electron chi connectivity index (χ1n) is 7.70. The first-order valence-corrected chi connectivity index (χ1v) is 8.13. The van der Waals surface area contributed by atoms with Crippen LogP contribution in [0.25, 0.3) is 0 Å². The van der Waals surface area contributed by atoms with Crippen molar-refractivity contribution >= 4 is 11.6 Å². The molecule has 0 amide bonds. The second-order valence-corrected chi connectivity index (χ2v) is 7.36. The van der Waals surface area contributed by atoms with Crippen LogP contribution in [0.1, 0.15) is 39.3 Å². The summed E-state index contributed by atoms with van der Waals surface area (Å²) in [4.78, 5) is 2.57. The lowest BCUT2D eigenvalue weighted by molar-refractivity contribution is 0.0636. The van der Waals surface area contributed by atoms with Gasteiger partial charge in [-0.25, -0.2) is 0 Å². The highest BCUT2D eigenvalue weighted by atomic mass is 35.5. The van der Waals surface area contributed by atoms with Crippen LogP contribution in [-0.4, -0.2) is 30.6 Å². The SMILES string of the molecule is C/C(=C/Cl)CN1CC(c2ccccc2)NCC1C(C)(C)C. The van der Waals surface area contributed by atoms with Crippen LogP contribution in [0.3, 0.4) is 0 Å². The maximum atomic E-state index is 5.88. The van der Waals surface area contributed by atoms with E-state index in [0.29, 0.717) is 12.1 Å². The van der Waals surface area contributed by atoms with Gasteiger partial charge in [0.15, 0.2) is 0 Å². The van der Waals surface area contributed by atoms with Crippen LogP contribution in [0, 0.1) is 5.41 Å². The van der Waals surface area contributed by atoms with E-state index in [1.165, 1.54) is 11.1 Å². The second-order valence-electron chi connectivity index (χ2n) is 7.14. The van der Waals surface area contributed by atoms with Gasteiger partial charge < -0.3 is 5.32 Å². The molecule has 1 aromatic carbocycles. The fourth-order valence-electron chi connectivity index (χ4n) is 3.10. The predicted molar refractivity (Wildman–Crippen MR) is 91.6 cm³/mol. The summed E-state index contributed by atoms with van der Waals surface area (Å²) in [6, 6.07) is 11.6. The van der Waals surface area contributed by atoms with Gasteiger partial charge in [-0.3, -0.25) is 4.90 Å². The molecule has 21 heavy (non-hydrogen) atoms. The molecule has 1 fully saturated rings. The first kappa shape index (κ1) is 16.5. The van der Waals surface area contributed by atoms with Crippen LogP contribution in [0.5, 0.6) is 0 Å². The van der Waals surface area contributed by atoms with E-state index in [9.17, 15) is 0 Å². The van der Waals surface area contributed by atoms with E-state index in [4.69, 9.17) is 11.6 Å². The normalized spacial score (nSPS) is 25.1. The Hall–Kier alpha value is -0.830. The van der Waals surface area contributed by atoms with E-state index in [1.54, 1.807) is 5.54 Å². The fraction of sp³-hybridized carbons (Fsp3) is 0.556. The molecule has 116 valence electrons. The van der Waals surface area contributed by atoms with Gasteiger partial charge in [0.25, 0.3) is 0 Å². The fourth-order valence-corrected chi connectivity index (χ4v) is 3.17. The van der Waals surface area contributed by atoms with Gasteiger partial charge in [-0.1, -0.05) is 62.7 Å². The van der Waals surface area contributed by atoms with E-state index >= 15 is 0 Å². The van der Waals surface area contributed by atoms with Gasteiger partial charge in [0.05, 0.1) is 0 Å². The molecule has 1 aromatic rings. The molecule has 0 aromatic heterocycles. The van der Waals surface area contributed by atoms with Crippen molar-refractivity contribution in [3.63, 3.8) is 0 Å². The summed E-state index contributed by atoms with van der Waals surface area (Å²) in [6.07, 6.45) is 0. The van der Waals surface area contributed by atoms with Crippen molar-refractivity contribution < 1.29 is 0 Å². The zero-order valence-corrected chi connectivity index (χ0v) is 14.3. The maximum absolute atomic E-state index is 5.88. The molecule has 1 N–H and O–H groups in total. The number of nitrogens with zero attached hydrogens (tertiary/aromatic N) is 1. The third-order valence-corrected chi connectivity index (χ3v) is 4.63. The van der Waals surface area contributed by atoms with Gasteiger partial charge in [-0.15, -0.1) is 0 Å². The van der Waals surface area contributed by atoms with Crippen LogP contribution in [-0.2, 0) is 0 Å². The van der Waals surface area contributed by atoms with Crippen molar-refractivity contribution in [2.45, 2.75) is 39.8 Å². The molecule has 0 spiro atoms. The van der Waals surface area contributed by atoms with Gasteiger partial charge in [0, 0.05) is 37.3 Å².